The van der Waals surface area contributed by atoms with Crippen molar-refractivity contribution in [2.75, 3.05) is 19.6 Å². The lowest BCUT2D eigenvalue weighted by molar-refractivity contribution is 0.277. The Hall–Kier alpha value is -1.52. The van der Waals surface area contributed by atoms with Gasteiger partial charge in [-0.05, 0) is 30.7 Å². The van der Waals surface area contributed by atoms with Crippen molar-refractivity contribution in [2.45, 2.75) is 33.2 Å². The van der Waals surface area contributed by atoms with Gasteiger partial charge in [0.25, 0.3) is 0 Å². The number of piperidine rings is 1. The molecule has 1 aliphatic heterocycles. The van der Waals surface area contributed by atoms with E-state index in [1.807, 2.05) is 16.9 Å². The van der Waals surface area contributed by atoms with Gasteiger partial charge in [0.15, 0.2) is 5.96 Å². The van der Waals surface area contributed by atoms with Crippen molar-refractivity contribution in [2.24, 2.45) is 22.6 Å². The summed E-state index contributed by atoms with van der Waals surface area (Å²) in [6.07, 6.45) is 6.23. The summed E-state index contributed by atoms with van der Waals surface area (Å²) in [5, 5.41) is 4.21. The molecular weight excluding hydrogens is 238 g/mol. The molecule has 0 bridgehead atoms. The summed E-state index contributed by atoms with van der Waals surface area (Å²) in [5.41, 5.74) is 6.07. The van der Waals surface area contributed by atoms with E-state index in [-0.39, 0.29) is 0 Å². The van der Waals surface area contributed by atoms with Gasteiger partial charge in [-0.25, -0.2) is 0 Å². The molecule has 0 aliphatic carbocycles. The molecule has 0 saturated carbocycles. The molecule has 2 rings (SSSR count). The molecule has 0 amide bonds. The molecule has 5 heteroatoms. The minimum absolute atomic E-state index is 0.446. The number of guanidine groups is 1. The van der Waals surface area contributed by atoms with E-state index in [4.69, 9.17) is 5.73 Å². The van der Waals surface area contributed by atoms with Crippen molar-refractivity contribution in [3.63, 3.8) is 0 Å². The van der Waals surface area contributed by atoms with E-state index in [0.717, 1.165) is 32.1 Å². The predicted octanol–water partition coefficient (Wildman–Crippen LogP) is 1.57. The van der Waals surface area contributed by atoms with Crippen molar-refractivity contribution < 1.29 is 0 Å². The number of rotatable bonds is 4. The maximum absolute atomic E-state index is 6.07. The SMILES string of the molecule is CC1CCN(C(N)=NCC(C)Cn2cccn2)CC1. The summed E-state index contributed by atoms with van der Waals surface area (Å²) < 4.78 is 1.94. The highest BCUT2D eigenvalue weighted by molar-refractivity contribution is 5.78. The summed E-state index contributed by atoms with van der Waals surface area (Å²) in [6, 6.07) is 1.94. The lowest BCUT2D eigenvalue weighted by Gasteiger charge is -2.31. The first-order chi connectivity index (χ1) is 9.15. The van der Waals surface area contributed by atoms with E-state index >= 15 is 0 Å². The van der Waals surface area contributed by atoms with E-state index < -0.39 is 0 Å². The number of hydrogen-bond acceptors (Lipinski definition) is 2. The van der Waals surface area contributed by atoms with Crippen LogP contribution in [0.1, 0.15) is 26.7 Å². The van der Waals surface area contributed by atoms with Gasteiger partial charge in [-0.1, -0.05) is 13.8 Å². The average molecular weight is 263 g/mol. The number of hydrogen-bond donors (Lipinski definition) is 1. The van der Waals surface area contributed by atoms with E-state index in [1.54, 1.807) is 6.20 Å². The number of aliphatic imine (C=N–C) groups is 1. The van der Waals surface area contributed by atoms with Gasteiger partial charge in [0, 0.05) is 38.6 Å². The van der Waals surface area contributed by atoms with Crippen LogP contribution in [0.4, 0.5) is 0 Å². The summed E-state index contributed by atoms with van der Waals surface area (Å²) in [4.78, 5) is 6.74. The topological polar surface area (TPSA) is 59.4 Å². The molecular formula is C14H25N5. The third kappa shape index (κ3) is 4.26. The van der Waals surface area contributed by atoms with Gasteiger partial charge in [-0.15, -0.1) is 0 Å². The van der Waals surface area contributed by atoms with Crippen LogP contribution in [0.2, 0.25) is 0 Å². The third-order valence-electron chi connectivity index (χ3n) is 3.73. The lowest BCUT2D eigenvalue weighted by Crippen LogP contribution is -2.42. The smallest absolute Gasteiger partial charge is 0.191 e. The average Bonchev–Trinajstić information content (AvgIpc) is 2.89. The Morgan fingerprint density at radius 2 is 2.21 bits per heavy atom. The van der Waals surface area contributed by atoms with Crippen LogP contribution in [0, 0.1) is 11.8 Å². The van der Waals surface area contributed by atoms with Crippen LogP contribution >= 0.6 is 0 Å². The van der Waals surface area contributed by atoms with Crippen LogP contribution in [0.3, 0.4) is 0 Å². The second-order valence-electron chi connectivity index (χ2n) is 5.70. The number of nitrogens with two attached hydrogens (primary N) is 1. The number of aromatic nitrogens is 2. The molecule has 0 spiro atoms. The van der Waals surface area contributed by atoms with Gasteiger partial charge in [0.05, 0.1) is 0 Å². The minimum atomic E-state index is 0.446. The second kappa shape index (κ2) is 6.59. The molecule has 1 aliphatic rings. The Morgan fingerprint density at radius 3 is 2.84 bits per heavy atom. The minimum Gasteiger partial charge on any atom is -0.370 e. The fraction of sp³-hybridized carbons (Fsp3) is 0.714. The molecule has 1 atom stereocenters. The molecule has 1 saturated heterocycles. The molecule has 0 radical (unpaired) electrons. The predicted molar refractivity (Wildman–Crippen MR) is 77.9 cm³/mol. The molecule has 1 aromatic rings. The molecule has 2 N–H and O–H groups in total. The van der Waals surface area contributed by atoms with Crippen LogP contribution in [-0.4, -0.2) is 40.3 Å². The first-order valence-corrected chi connectivity index (χ1v) is 7.17. The normalized spacial score (nSPS) is 19.7. The van der Waals surface area contributed by atoms with Crippen molar-refractivity contribution in [3.8, 4) is 0 Å². The molecule has 1 aromatic heterocycles. The Kier molecular flexibility index (Phi) is 4.82. The molecule has 2 heterocycles. The Morgan fingerprint density at radius 1 is 1.47 bits per heavy atom. The van der Waals surface area contributed by atoms with E-state index in [2.05, 4.69) is 28.8 Å². The highest BCUT2D eigenvalue weighted by Gasteiger charge is 2.17. The Balaban J connectivity index is 1.77. The van der Waals surface area contributed by atoms with Crippen molar-refractivity contribution in [1.82, 2.24) is 14.7 Å². The molecule has 106 valence electrons. The van der Waals surface area contributed by atoms with E-state index in [9.17, 15) is 0 Å². The second-order valence-corrected chi connectivity index (χ2v) is 5.70. The highest BCUT2D eigenvalue weighted by Crippen LogP contribution is 2.15. The van der Waals surface area contributed by atoms with Crippen LogP contribution in [-0.2, 0) is 6.54 Å². The van der Waals surface area contributed by atoms with Crippen molar-refractivity contribution in [1.29, 1.82) is 0 Å². The summed E-state index contributed by atoms with van der Waals surface area (Å²) in [6.45, 7) is 8.22. The Labute approximate surface area is 115 Å². The fourth-order valence-corrected chi connectivity index (χ4v) is 2.37. The van der Waals surface area contributed by atoms with Crippen LogP contribution in [0.5, 0.6) is 0 Å². The maximum atomic E-state index is 6.07. The van der Waals surface area contributed by atoms with E-state index in [1.165, 1.54) is 12.8 Å². The number of likely N-dealkylation sites (tertiary alicyclic amines) is 1. The van der Waals surface area contributed by atoms with Crippen LogP contribution in [0.15, 0.2) is 23.5 Å². The third-order valence-corrected chi connectivity index (χ3v) is 3.73. The monoisotopic (exact) mass is 263 g/mol. The quantitative estimate of drug-likeness (QED) is 0.662. The lowest BCUT2D eigenvalue weighted by atomic mass is 10.00. The number of nitrogens with zero attached hydrogens (tertiary/aromatic N) is 4. The summed E-state index contributed by atoms with van der Waals surface area (Å²) >= 11 is 0. The largest absolute Gasteiger partial charge is 0.370 e. The van der Waals surface area contributed by atoms with Crippen molar-refractivity contribution in [3.05, 3.63) is 18.5 Å². The van der Waals surface area contributed by atoms with Gasteiger partial charge in [0.2, 0.25) is 0 Å². The zero-order valence-corrected chi connectivity index (χ0v) is 12.0. The molecule has 1 fully saturated rings. The molecule has 19 heavy (non-hydrogen) atoms. The highest BCUT2D eigenvalue weighted by atomic mass is 15.3. The first-order valence-electron chi connectivity index (χ1n) is 7.17. The molecule has 0 aromatic carbocycles. The zero-order chi connectivity index (χ0) is 13.7. The summed E-state index contributed by atoms with van der Waals surface area (Å²) in [5.74, 6) is 1.98. The molecule has 1 unspecified atom stereocenters. The zero-order valence-electron chi connectivity index (χ0n) is 12.0. The van der Waals surface area contributed by atoms with Crippen LogP contribution in [0.25, 0.3) is 0 Å². The standard InChI is InChI=1S/C14H25N5/c1-12-4-8-18(9-5-12)14(15)16-10-13(2)11-19-7-3-6-17-19/h3,6-7,12-13H,4-5,8-11H2,1-2H3,(H2,15,16). The van der Waals surface area contributed by atoms with Gasteiger partial charge in [-0.3, -0.25) is 9.67 Å². The molecule has 5 nitrogen and oxygen atoms in total. The van der Waals surface area contributed by atoms with Gasteiger partial charge < -0.3 is 10.6 Å². The van der Waals surface area contributed by atoms with Gasteiger partial charge in [-0.2, -0.15) is 5.10 Å². The van der Waals surface area contributed by atoms with Crippen molar-refractivity contribution >= 4 is 5.96 Å². The van der Waals surface area contributed by atoms with Gasteiger partial charge >= 0.3 is 0 Å². The summed E-state index contributed by atoms with van der Waals surface area (Å²) in [7, 11) is 0. The van der Waals surface area contributed by atoms with Gasteiger partial charge in [0.1, 0.15) is 0 Å². The fourth-order valence-electron chi connectivity index (χ4n) is 2.37. The van der Waals surface area contributed by atoms with Crippen LogP contribution < -0.4 is 5.73 Å². The maximum Gasteiger partial charge on any atom is 0.191 e. The first kappa shape index (κ1) is 13.9. The van der Waals surface area contributed by atoms with E-state index in [0.29, 0.717) is 11.9 Å². The Bertz CT molecular complexity index is 390.